The third-order valence-electron chi connectivity index (χ3n) is 4.82. The average Bonchev–Trinajstić information content (AvgIpc) is 3.13. The first kappa shape index (κ1) is 19.1. The van der Waals surface area contributed by atoms with E-state index >= 15 is 0 Å². The number of halogens is 1. The van der Waals surface area contributed by atoms with E-state index in [-0.39, 0.29) is 5.82 Å². The summed E-state index contributed by atoms with van der Waals surface area (Å²) in [7, 11) is 0. The lowest BCUT2D eigenvalue weighted by molar-refractivity contribution is 0.955. The third-order valence-corrected chi connectivity index (χ3v) is 5.35. The van der Waals surface area contributed by atoms with Crippen LogP contribution in [0.3, 0.4) is 0 Å². The molecule has 150 valence electrons. The van der Waals surface area contributed by atoms with Gasteiger partial charge in [0.05, 0.1) is 17.1 Å². The maximum absolute atomic E-state index is 6.24. The van der Waals surface area contributed by atoms with Gasteiger partial charge in [-0.2, -0.15) is 5.11 Å². The van der Waals surface area contributed by atoms with Crippen molar-refractivity contribution in [3.8, 4) is 22.5 Å². The molecule has 0 aliphatic rings. The SMILES string of the molecule is Nc1nn2c(-c3ccccc3)cc(-c3ccc(Br)cc3)nc2c1N=Nc1ccccc1. The molecule has 0 saturated heterocycles. The number of fused-ring (bicyclic) bond motifs is 1. The van der Waals surface area contributed by atoms with Crippen LogP contribution in [0, 0.1) is 0 Å². The fraction of sp³-hybridized carbons (Fsp3) is 0. The molecule has 0 aliphatic heterocycles. The largest absolute Gasteiger partial charge is 0.380 e. The Hall–Kier alpha value is -3.84. The van der Waals surface area contributed by atoms with E-state index in [1.807, 2.05) is 91.0 Å². The number of nitrogens with zero attached hydrogens (tertiary/aromatic N) is 5. The van der Waals surface area contributed by atoms with Crippen LogP contribution in [-0.4, -0.2) is 14.6 Å². The van der Waals surface area contributed by atoms with Crippen molar-refractivity contribution in [3.63, 3.8) is 0 Å². The van der Waals surface area contributed by atoms with Crippen molar-refractivity contribution in [3.05, 3.63) is 95.5 Å². The Kier molecular flexibility index (Phi) is 5.01. The van der Waals surface area contributed by atoms with Gasteiger partial charge in [-0.25, -0.2) is 9.50 Å². The van der Waals surface area contributed by atoms with Gasteiger partial charge < -0.3 is 5.73 Å². The van der Waals surface area contributed by atoms with E-state index in [0.717, 1.165) is 32.7 Å². The fourth-order valence-electron chi connectivity index (χ4n) is 3.30. The lowest BCUT2D eigenvalue weighted by atomic mass is 10.1. The summed E-state index contributed by atoms with van der Waals surface area (Å²) in [4.78, 5) is 4.85. The Morgan fingerprint density at radius 3 is 2.16 bits per heavy atom. The van der Waals surface area contributed by atoms with E-state index in [1.165, 1.54) is 0 Å². The lowest BCUT2D eigenvalue weighted by Gasteiger charge is -2.09. The van der Waals surface area contributed by atoms with Crippen molar-refractivity contribution in [1.82, 2.24) is 14.6 Å². The monoisotopic (exact) mass is 468 g/mol. The Balaban J connectivity index is 1.74. The van der Waals surface area contributed by atoms with Gasteiger partial charge in [-0.1, -0.05) is 76.6 Å². The molecule has 0 saturated carbocycles. The van der Waals surface area contributed by atoms with Crippen LogP contribution in [0.2, 0.25) is 0 Å². The van der Waals surface area contributed by atoms with Gasteiger partial charge in [0.25, 0.3) is 0 Å². The number of anilines is 1. The second-order valence-corrected chi connectivity index (χ2v) is 7.82. The molecule has 0 unspecified atom stereocenters. The van der Waals surface area contributed by atoms with E-state index in [2.05, 4.69) is 31.3 Å². The number of benzene rings is 3. The van der Waals surface area contributed by atoms with Crippen molar-refractivity contribution < 1.29 is 0 Å². The highest BCUT2D eigenvalue weighted by Gasteiger charge is 2.17. The Bertz CT molecular complexity index is 1380. The second-order valence-electron chi connectivity index (χ2n) is 6.90. The minimum atomic E-state index is 0.275. The maximum Gasteiger partial charge on any atom is 0.186 e. The molecule has 0 spiro atoms. The van der Waals surface area contributed by atoms with Crippen LogP contribution >= 0.6 is 15.9 Å². The molecule has 0 amide bonds. The van der Waals surface area contributed by atoms with E-state index in [9.17, 15) is 0 Å². The predicted octanol–water partition coefficient (Wildman–Crippen LogP) is 6.82. The van der Waals surface area contributed by atoms with Crippen LogP contribution in [0.15, 0.2) is 106 Å². The number of nitrogens with two attached hydrogens (primary N) is 1. The summed E-state index contributed by atoms with van der Waals surface area (Å²) >= 11 is 3.49. The topological polar surface area (TPSA) is 80.9 Å². The number of azo groups is 1. The summed E-state index contributed by atoms with van der Waals surface area (Å²) in [6.45, 7) is 0. The van der Waals surface area contributed by atoms with Crippen molar-refractivity contribution in [1.29, 1.82) is 0 Å². The first-order chi connectivity index (χ1) is 15.2. The van der Waals surface area contributed by atoms with E-state index in [4.69, 9.17) is 10.7 Å². The number of hydrogen-bond acceptors (Lipinski definition) is 5. The Morgan fingerprint density at radius 2 is 1.45 bits per heavy atom. The van der Waals surface area contributed by atoms with E-state index in [1.54, 1.807) is 4.52 Å². The molecule has 7 heteroatoms. The van der Waals surface area contributed by atoms with Crippen LogP contribution in [0.1, 0.15) is 0 Å². The van der Waals surface area contributed by atoms with Crippen molar-refractivity contribution >= 4 is 38.8 Å². The third kappa shape index (κ3) is 3.83. The molecule has 0 radical (unpaired) electrons. The van der Waals surface area contributed by atoms with Crippen molar-refractivity contribution in [2.45, 2.75) is 0 Å². The highest BCUT2D eigenvalue weighted by molar-refractivity contribution is 9.10. The van der Waals surface area contributed by atoms with Crippen molar-refractivity contribution in [2.75, 3.05) is 5.73 Å². The Labute approximate surface area is 187 Å². The van der Waals surface area contributed by atoms with Gasteiger partial charge in [-0.3, -0.25) is 0 Å². The summed E-state index contributed by atoms with van der Waals surface area (Å²) in [5.74, 6) is 0.275. The first-order valence-electron chi connectivity index (χ1n) is 9.66. The molecule has 3 aromatic carbocycles. The van der Waals surface area contributed by atoms with Gasteiger partial charge in [-0.15, -0.1) is 10.2 Å². The van der Waals surface area contributed by atoms with Crippen LogP contribution < -0.4 is 5.73 Å². The molecule has 5 rings (SSSR count). The number of aromatic nitrogens is 3. The van der Waals surface area contributed by atoms with E-state index < -0.39 is 0 Å². The minimum Gasteiger partial charge on any atom is -0.380 e. The van der Waals surface area contributed by atoms with Gasteiger partial charge in [-0.05, 0) is 30.3 Å². The van der Waals surface area contributed by atoms with Crippen LogP contribution in [-0.2, 0) is 0 Å². The average molecular weight is 469 g/mol. The molecular formula is C24H17BrN6. The summed E-state index contributed by atoms with van der Waals surface area (Å²) in [5, 5.41) is 13.2. The lowest BCUT2D eigenvalue weighted by Crippen LogP contribution is -1.98. The standard InChI is InChI=1S/C24H17BrN6/c25-18-13-11-16(12-14-18)20-15-21(17-7-3-1-4-8-17)31-24(27-20)22(23(26)30-31)29-28-19-9-5-2-6-10-19/h1-15H,(H2,26,30). The summed E-state index contributed by atoms with van der Waals surface area (Å²) in [6, 6.07) is 29.5. The number of hydrogen-bond donors (Lipinski definition) is 1. The molecule has 2 N–H and O–H groups in total. The summed E-state index contributed by atoms with van der Waals surface area (Å²) < 4.78 is 2.73. The zero-order chi connectivity index (χ0) is 21.2. The molecule has 2 aromatic heterocycles. The zero-order valence-corrected chi connectivity index (χ0v) is 17.9. The second kappa shape index (κ2) is 8.12. The van der Waals surface area contributed by atoms with Gasteiger partial charge in [0.2, 0.25) is 0 Å². The highest BCUT2D eigenvalue weighted by Crippen LogP contribution is 2.34. The molecule has 0 aliphatic carbocycles. The molecule has 6 nitrogen and oxygen atoms in total. The molecule has 0 fully saturated rings. The molecule has 0 atom stereocenters. The molecule has 5 aromatic rings. The molecule has 31 heavy (non-hydrogen) atoms. The fourth-order valence-corrected chi connectivity index (χ4v) is 3.57. The minimum absolute atomic E-state index is 0.275. The number of nitrogen functional groups attached to an aromatic ring is 1. The molecular weight excluding hydrogens is 452 g/mol. The number of rotatable bonds is 4. The first-order valence-corrected chi connectivity index (χ1v) is 10.5. The zero-order valence-electron chi connectivity index (χ0n) is 16.4. The van der Waals surface area contributed by atoms with Crippen LogP contribution in [0.5, 0.6) is 0 Å². The molecule has 2 heterocycles. The Morgan fingerprint density at radius 1 is 0.774 bits per heavy atom. The van der Waals surface area contributed by atoms with Gasteiger partial charge in [0.1, 0.15) is 0 Å². The summed E-state index contributed by atoms with van der Waals surface area (Å²) in [5.41, 5.74) is 11.6. The van der Waals surface area contributed by atoms with Gasteiger partial charge in [0, 0.05) is 15.6 Å². The van der Waals surface area contributed by atoms with Crippen LogP contribution in [0.4, 0.5) is 17.2 Å². The summed E-state index contributed by atoms with van der Waals surface area (Å²) in [6.07, 6.45) is 0. The van der Waals surface area contributed by atoms with Gasteiger partial charge in [0.15, 0.2) is 17.2 Å². The predicted molar refractivity (Wildman–Crippen MR) is 127 cm³/mol. The smallest absolute Gasteiger partial charge is 0.186 e. The quantitative estimate of drug-likeness (QED) is 0.293. The van der Waals surface area contributed by atoms with E-state index in [0.29, 0.717) is 11.3 Å². The van der Waals surface area contributed by atoms with Crippen molar-refractivity contribution in [2.24, 2.45) is 10.2 Å². The molecule has 0 bridgehead atoms. The highest BCUT2D eigenvalue weighted by atomic mass is 79.9. The normalized spacial score (nSPS) is 11.4. The van der Waals surface area contributed by atoms with Crippen LogP contribution in [0.25, 0.3) is 28.2 Å². The van der Waals surface area contributed by atoms with Gasteiger partial charge >= 0.3 is 0 Å². The maximum atomic E-state index is 6.24.